The van der Waals surface area contributed by atoms with Crippen LogP contribution in [0.2, 0.25) is 0 Å². The molecule has 2 aromatic heterocycles. The third-order valence-corrected chi connectivity index (χ3v) is 4.05. The van der Waals surface area contributed by atoms with Crippen LogP contribution in [0, 0.1) is 0 Å². The standard InChI is InChI=1S/C13H17N3O2S/c14-11(7-17-10-2-1-3-10)13-15-12(18-16-13)6-9-4-5-19-8-9/h4-5,8,10-11H,1-3,6-7,14H2. The molecule has 5 nitrogen and oxygen atoms in total. The van der Waals surface area contributed by atoms with Gasteiger partial charge in [0.2, 0.25) is 5.89 Å². The number of rotatable bonds is 6. The van der Waals surface area contributed by atoms with E-state index in [0.717, 1.165) is 12.8 Å². The first kappa shape index (κ1) is 12.8. The van der Waals surface area contributed by atoms with Crippen LogP contribution in [-0.4, -0.2) is 22.9 Å². The molecule has 1 atom stereocenters. The third-order valence-electron chi connectivity index (χ3n) is 3.31. The van der Waals surface area contributed by atoms with Crippen molar-refractivity contribution in [2.45, 2.75) is 37.8 Å². The van der Waals surface area contributed by atoms with E-state index in [1.807, 2.05) is 11.4 Å². The van der Waals surface area contributed by atoms with Crippen LogP contribution in [0.15, 0.2) is 21.3 Å². The summed E-state index contributed by atoms with van der Waals surface area (Å²) in [4.78, 5) is 4.33. The molecule has 1 fully saturated rings. The molecule has 1 aliphatic rings. The van der Waals surface area contributed by atoms with Crippen molar-refractivity contribution in [3.63, 3.8) is 0 Å². The fourth-order valence-electron chi connectivity index (χ4n) is 1.91. The zero-order valence-electron chi connectivity index (χ0n) is 10.6. The normalized spacial score (nSPS) is 17.3. The lowest BCUT2D eigenvalue weighted by Gasteiger charge is -2.26. The van der Waals surface area contributed by atoms with E-state index in [1.54, 1.807) is 11.3 Å². The first-order chi connectivity index (χ1) is 9.31. The summed E-state index contributed by atoms with van der Waals surface area (Å²) in [6, 6.07) is 1.74. The summed E-state index contributed by atoms with van der Waals surface area (Å²) in [7, 11) is 0. The lowest BCUT2D eigenvalue weighted by molar-refractivity contribution is -0.00549. The Kier molecular flexibility index (Phi) is 3.91. The molecule has 0 saturated heterocycles. The molecule has 3 rings (SSSR count). The minimum absolute atomic E-state index is 0.305. The zero-order chi connectivity index (χ0) is 13.1. The number of aromatic nitrogens is 2. The Morgan fingerprint density at radius 2 is 2.42 bits per heavy atom. The summed E-state index contributed by atoms with van der Waals surface area (Å²) < 4.78 is 10.9. The van der Waals surface area contributed by atoms with E-state index < -0.39 is 0 Å². The van der Waals surface area contributed by atoms with Crippen LogP contribution in [0.25, 0.3) is 0 Å². The van der Waals surface area contributed by atoms with Crippen LogP contribution in [0.4, 0.5) is 0 Å². The Balaban J connectivity index is 1.54. The number of nitrogens with zero attached hydrogens (tertiary/aromatic N) is 2. The molecule has 0 aromatic carbocycles. The molecule has 2 aromatic rings. The van der Waals surface area contributed by atoms with Crippen molar-refractivity contribution in [3.05, 3.63) is 34.1 Å². The summed E-state index contributed by atoms with van der Waals surface area (Å²) in [5.74, 6) is 1.14. The van der Waals surface area contributed by atoms with Crippen LogP contribution >= 0.6 is 11.3 Å². The van der Waals surface area contributed by atoms with Crippen molar-refractivity contribution in [1.82, 2.24) is 10.1 Å². The van der Waals surface area contributed by atoms with Gasteiger partial charge >= 0.3 is 0 Å². The van der Waals surface area contributed by atoms with Crippen molar-refractivity contribution >= 4 is 11.3 Å². The molecule has 1 saturated carbocycles. The average Bonchev–Trinajstić information content (AvgIpc) is 2.99. The molecule has 0 bridgehead atoms. The maximum atomic E-state index is 6.00. The molecule has 0 aliphatic heterocycles. The van der Waals surface area contributed by atoms with E-state index in [9.17, 15) is 0 Å². The van der Waals surface area contributed by atoms with Gasteiger partial charge in [0.05, 0.1) is 25.2 Å². The molecule has 6 heteroatoms. The van der Waals surface area contributed by atoms with Crippen molar-refractivity contribution in [2.24, 2.45) is 5.73 Å². The number of hydrogen-bond donors (Lipinski definition) is 1. The maximum Gasteiger partial charge on any atom is 0.231 e. The van der Waals surface area contributed by atoms with Gasteiger partial charge in [-0.3, -0.25) is 0 Å². The summed E-state index contributed by atoms with van der Waals surface area (Å²) in [6.07, 6.45) is 4.58. The van der Waals surface area contributed by atoms with E-state index >= 15 is 0 Å². The first-order valence-corrected chi connectivity index (χ1v) is 7.46. The second-order valence-electron chi connectivity index (χ2n) is 4.85. The van der Waals surface area contributed by atoms with Crippen LogP contribution in [0.1, 0.15) is 42.6 Å². The lowest BCUT2D eigenvalue weighted by atomic mass is 9.96. The number of ether oxygens (including phenoxy) is 1. The topological polar surface area (TPSA) is 74.2 Å². The number of hydrogen-bond acceptors (Lipinski definition) is 6. The van der Waals surface area contributed by atoms with Gasteiger partial charge in [0.25, 0.3) is 0 Å². The second kappa shape index (κ2) is 5.81. The monoisotopic (exact) mass is 279 g/mol. The van der Waals surface area contributed by atoms with Gasteiger partial charge in [-0.2, -0.15) is 16.3 Å². The minimum Gasteiger partial charge on any atom is -0.376 e. The molecule has 19 heavy (non-hydrogen) atoms. The molecule has 2 N–H and O–H groups in total. The van der Waals surface area contributed by atoms with Crippen molar-refractivity contribution in [1.29, 1.82) is 0 Å². The Hall–Kier alpha value is -1.24. The predicted octanol–water partition coefficient (Wildman–Crippen LogP) is 2.29. The number of thiophene rings is 1. The zero-order valence-corrected chi connectivity index (χ0v) is 11.4. The van der Waals surface area contributed by atoms with Crippen molar-refractivity contribution in [2.75, 3.05) is 6.61 Å². The minimum atomic E-state index is -0.305. The van der Waals surface area contributed by atoms with E-state index in [4.69, 9.17) is 15.0 Å². The Bertz CT molecular complexity index is 508. The molecular formula is C13H17N3O2S. The van der Waals surface area contributed by atoms with Gasteiger partial charge in [0.15, 0.2) is 5.82 Å². The number of nitrogens with two attached hydrogens (primary N) is 1. The fraction of sp³-hybridized carbons (Fsp3) is 0.538. The van der Waals surface area contributed by atoms with Gasteiger partial charge in [-0.1, -0.05) is 5.16 Å². The van der Waals surface area contributed by atoms with Gasteiger partial charge in [0.1, 0.15) is 0 Å². The smallest absolute Gasteiger partial charge is 0.231 e. The Morgan fingerprint density at radius 1 is 1.53 bits per heavy atom. The molecular weight excluding hydrogens is 262 g/mol. The highest BCUT2D eigenvalue weighted by molar-refractivity contribution is 7.07. The highest BCUT2D eigenvalue weighted by Gasteiger charge is 2.21. The highest BCUT2D eigenvalue weighted by Crippen LogP contribution is 2.23. The summed E-state index contributed by atoms with van der Waals surface area (Å²) in [5, 5.41) is 8.04. The third kappa shape index (κ3) is 3.20. The van der Waals surface area contributed by atoms with E-state index in [-0.39, 0.29) is 6.04 Å². The van der Waals surface area contributed by atoms with Crippen LogP contribution in [-0.2, 0) is 11.2 Å². The molecule has 0 radical (unpaired) electrons. The molecule has 2 heterocycles. The summed E-state index contributed by atoms with van der Waals surface area (Å²) >= 11 is 1.66. The van der Waals surface area contributed by atoms with Gasteiger partial charge in [-0.05, 0) is 41.7 Å². The predicted molar refractivity (Wildman–Crippen MR) is 71.9 cm³/mol. The van der Waals surface area contributed by atoms with Crippen LogP contribution in [0.5, 0.6) is 0 Å². The first-order valence-electron chi connectivity index (χ1n) is 6.52. The van der Waals surface area contributed by atoms with Gasteiger partial charge in [-0.25, -0.2) is 0 Å². The van der Waals surface area contributed by atoms with Crippen molar-refractivity contribution < 1.29 is 9.26 Å². The average molecular weight is 279 g/mol. The summed E-state index contributed by atoms with van der Waals surface area (Å²) in [6.45, 7) is 0.460. The van der Waals surface area contributed by atoms with Crippen LogP contribution < -0.4 is 5.73 Å². The van der Waals surface area contributed by atoms with Gasteiger partial charge in [0, 0.05) is 0 Å². The van der Waals surface area contributed by atoms with E-state index in [2.05, 4.69) is 15.5 Å². The molecule has 1 aliphatic carbocycles. The second-order valence-corrected chi connectivity index (χ2v) is 5.63. The Labute approximate surface area is 115 Å². The largest absolute Gasteiger partial charge is 0.376 e. The quantitative estimate of drug-likeness (QED) is 0.878. The van der Waals surface area contributed by atoms with Gasteiger partial charge in [-0.15, -0.1) is 0 Å². The summed E-state index contributed by atoms with van der Waals surface area (Å²) in [5.41, 5.74) is 7.18. The molecule has 0 amide bonds. The maximum absolute atomic E-state index is 6.00. The SMILES string of the molecule is NC(COC1CCC1)c1noc(Cc2ccsc2)n1. The molecule has 102 valence electrons. The van der Waals surface area contributed by atoms with Crippen molar-refractivity contribution in [3.8, 4) is 0 Å². The molecule has 0 spiro atoms. The fourth-order valence-corrected chi connectivity index (χ4v) is 2.58. The van der Waals surface area contributed by atoms with E-state index in [1.165, 1.54) is 12.0 Å². The van der Waals surface area contributed by atoms with Crippen LogP contribution in [0.3, 0.4) is 0 Å². The van der Waals surface area contributed by atoms with Gasteiger partial charge < -0.3 is 15.0 Å². The highest BCUT2D eigenvalue weighted by atomic mass is 32.1. The Morgan fingerprint density at radius 3 is 3.11 bits per heavy atom. The molecule has 1 unspecified atom stereocenters. The lowest BCUT2D eigenvalue weighted by Crippen LogP contribution is -2.27. The van der Waals surface area contributed by atoms with E-state index in [0.29, 0.717) is 30.8 Å².